The van der Waals surface area contributed by atoms with Crippen molar-refractivity contribution in [3.05, 3.63) is 88.9 Å². The standard InChI is InChI=1S/C29H31ClN4O6S/c1-21-7-13-27(14-8-21)41(37,38)34(24-5-2-4-23(30)16-24)19-28(35)33-32-17-22-9-11-25(12-10-22)40-20-29(36)31-18-26-6-3-15-39-26/h2,4-5,7-14,16-17,26H,3,6,15,18-20H2,1H3,(H,31,36)(H,33,35)/b32-17-/t26-/m1/s1. The van der Waals surface area contributed by atoms with E-state index >= 15 is 0 Å². The fourth-order valence-corrected chi connectivity index (χ4v) is 5.61. The number of nitrogens with zero attached hydrogens (tertiary/aromatic N) is 2. The number of hydrazone groups is 1. The Morgan fingerprint density at radius 2 is 1.85 bits per heavy atom. The summed E-state index contributed by atoms with van der Waals surface area (Å²) in [6, 6.07) is 19.4. The molecule has 41 heavy (non-hydrogen) atoms. The van der Waals surface area contributed by atoms with E-state index in [1.807, 2.05) is 6.92 Å². The smallest absolute Gasteiger partial charge is 0.264 e. The zero-order valence-corrected chi connectivity index (χ0v) is 24.0. The summed E-state index contributed by atoms with van der Waals surface area (Å²) in [5.74, 6) is -0.382. The van der Waals surface area contributed by atoms with Crippen LogP contribution in [0.2, 0.25) is 5.02 Å². The number of nitrogens with one attached hydrogen (secondary N) is 2. The van der Waals surface area contributed by atoms with Gasteiger partial charge < -0.3 is 14.8 Å². The number of benzene rings is 3. The third-order valence-electron chi connectivity index (χ3n) is 6.20. The topological polar surface area (TPSA) is 126 Å². The number of hydrogen-bond acceptors (Lipinski definition) is 7. The van der Waals surface area contributed by atoms with Crippen LogP contribution < -0.4 is 19.8 Å². The number of aryl methyl sites for hydroxylation is 1. The van der Waals surface area contributed by atoms with E-state index in [0.717, 1.165) is 29.3 Å². The van der Waals surface area contributed by atoms with Crippen LogP contribution in [0.3, 0.4) is 0 Å². The van der Waals surface area contributed by atoms with Crippen LogP contribution in [0.4, 0.5) is 5.69 Å². The van der Waals surface area contributed by atoms with Gasteiger partial charge in [0.2, 0.25) is 0 Å². The van der Waals surface area contributed by atoms with Crippen LogP contribution in [-0.2, 0) is 24.3 Å². The summed E-state index contributed by atoms with van der Waals surface area (Å²) >= 11 is 6.10. The molecule has 1 fully saturated rings. The molecule has 0 spiro atoms. The molecule has 0 saturated carbocycles. The molecule has 1 atom stereocenters. The van der Waals surface area contributed by atoms with Crippen molar-refractivity contribution >= 4 is 45.3 Å². The molecule has 2 amide bonds. The van der Waals surface area contributed by atoms with E-state index in [-0.39, 0.29) is 29.2 Å². The SMILES string of the molecule is Cc1ccc(S(=O)(=O)N(CC(=O)N/N=C\c2ccc(OCC(=O)NC[C@H]3CCCO3)cc2)c2cccc(Cl)c2)cc1. The molecule has 12 heteroatoms. The van der Waals surface area contributed by atoms with Crippen molar-refractivity contribution in [2.45, 2.75) is 30.8 Å². The molecule has 4 rings (SSSR count). The fourth-order valence-electron chi connectivity index (χ4n) is 4.01. The Morgan fingerprint density at radius 3 is 2.54 bits per heavy atom. The van der Waals surface area contributed by atoms with Gasteiger partial charge in [-0.2, -0.15) is 5.10 Å². The normalized spacial score (nSPS) is 15.0. The molecule has 0 aromatic heterocycles. The molecule has 3 aromatic rings. The molecule has 2 N–H and O–H groups in total. The van der Waals surface area contributed by atoms with Crippen molar-refractivity contribution in [3.63, 3.8) is 0 Å². The number of carbonyl (C=O) groups is 2. The molecule has 0 unspecified atom stereocenters. The van der Waals surface area contributed by atoms with Crippen molar-refractivity contribution in [1.29, 1.82) is 0 Å². The number of anilines is 1. The van der Waals surface area contributed by atoms with Crippen molar-refractivity contribution in [1.82, 2.24) is 10.7 Å². The Balaban J connectivity index is 1.32. The summed E-state index contributed by atoms with van der Waals surface area (Å²) in [5, 5.41) is 7.07. The molecule has 1 aliphatic heterocycles. The van der Waals surface area contributed by atoms with Gasteiger partial charge in [-0.1, -0.05) is 35.4 Å². The minimum absolute atomic E-state index is 0.0435. The summed E-state index contributed by atoms with van der Waals surface area (Å²) < 4.78 is 38.8. The third-order valence-corrected chi connectivity index (χ3v) is 8.22. The zero-order valence-electron chi connectivity index (χ0n) is 22.5. The highest BCUT2D eigenvalue weighted by Gasteiger charge is 2.27. The minimum atomic E-state index is -4.07. The lowest BCUT2D eigenvalue weighted by molar-refractivity contribution is -0.123. The van der Waals surface area contributed by atoms with Crippen LogP contribution in [0, 0.1) is 6.92 Å². The molecule has 0 bridgehead atoms. The van der Waals surface area contributed by atoms with Crippen LogP contribution in [0.15, 0.2) is 82.8 Å². The number of sulfonamides is 1. The van der Waals surface area contributed by atoms with E-state index in [4.69, 9.17) is 21.1 Å². The van der Waals surface area contributed by atoms with E-state index < -0.39 is 22.5 Å². The predicted molar refractivity (Wildman–Crippen MR) is 157 cm³/mol. The summed E-state index contributed by atoms with van der Waals surface area (Å²) in [5.41, 5.74) is 4.17. The van der Waals surface area contributed by atoms with Gasteiger partial charge >= 0.3 is 0 Å². The first-order chi connectivity index (χ1) is 19.7. The van der Waals surface area contributed by atoms with Crippen LogP contribution >= 0.6 is 11.6 Å². The molecule has 0 aliphatic carbocycles. The molecular weight excluding hydrogens is 568 g/mol. The maximum atomic E-state index is 13.4. The van der Waals surface area contributed by atoms with Crippen LogP contribution in [-0.4, -0.2) is 58.9 Å². The molecule has 0 radical (unpaired) electrons. The van der Waals surface area contributed by atoms with E-state index in [2.05, 4.69) is 15.8 Å². The lowest BCUT2D eigenvalue weighted by atomic mass is 10.2. The average Bonchev–Trinajstić information content (AvgIpc) is 3.48. The van der Waals surface area contributed by atoms with Crippen molar-refractivity contribution < 1.29 is 27.5 Å². The van der Waals surface area contributed by atoms with Crippen LogP contribution in [0.25, 0.3) is 0 Å². The van der Waals surface area contributed by atoms with Gasteiger partial charge in [-0.25, -0.2) is 13.8 Å². The summed E-state index contributed by atoms with van der Waals surface area (Å²) in [4.78, 5) is 24.8. The van der Waals surface area contributed by atoms with Crippen LogP contribution in [0.1, 0.15) is 24.0 Å². The molecule has 3 aromatic carbocycles. The molecule has 10 nitrogen and oxygen atoms in total. The Labute approximate surface area is 244 Å². The average molecular weight is 599 g/mol. The first kappa shape index (κ1) is 30.0. The van der Waals surface area contributed by atoms with Gasteiger partial charge in [0.1, 0.15) is 12.3 Å². The Kier molecular flexibility index (Phi) is 10.3. The molecule has 216 valence electrons. The van der Waals surface area contributed by atoms with Gasteiger partial charge in [-0.15, -0.1) is 0 Å². The number of hydrogen-bond donors (Lipinski definition) is 2. The molecule has 1 saturated heterocycles. The lowest BCUT2D eigenvalue weighted by Crippen LogP contribution is -2.39. The summed E-state index contributed by atoms with van der Waals surface area (Å²) in [6.07, 6.45) is 3.43. The first-order valence-electron chi connectivity index (χ1n) is 13.0. The minimum Gasteiger partial charge on any atom is -0.484 e. The number of ether oxygens (including phenoxy) is 2. The van der Waals surface area contributed by atoms with Gasteiger partial charge in [0, 0.05) is 18.2 Å². The number of carbonyl (C=O) groups excluding carboxylic acids is 2. The van der Waals surface area contributed by atoms with Gasteiger partial charge in [0.05, 0.1) is 22.9 Å². The molecule has 1 heterocycles. The largest absolute Gasteiger partial charge is 0.484 e. The Bertz CT molecular complexity index is 1470. The maximum Gasteiger partial charge on any atom is 0.264 e. The first-order valence-corrected chi connectivity index (χ1v) is 14.8. The van der Waals surface area contributed by atoms with Gasteiger partial charge in [-0.3, -0.25) is 13.9 Å². The van der Waals surface area contributed by atoms with E-state index in [9.17, 15) is 18.0 Å². The Morgan fingerprint density at radius 1 is 1.10 bits per heavy atom. The monoisotopic (exact) mass is 598 g/mol. The van der Waals surface area contributed by atoms with E-state index in [1.54, 1.807) is 54.6 Å². The highest BCUT2D eigenvalue weighted by Crippen LogP contribution is 2.26. The highest BCUT2D eigenvalue weighted by molar-refractivity contribution is 7.92. The van der Waals surface area contributed by atoms with Gasteiger partial charge in [0.15, 0.2) is 6.61 Å². The number of halogens is 1. The lowest BCUT2D eigenvalue weighted by Gasteiger charge is -2.24. The van der Waals surface area contributed by atoms with Crippen molar-refractivity contribution in [3.8, 4) is 5.75 Å². The van der Waals surface area contributed by atoms with E-state index in [0.29, 0.717) is 22.9 Å². The number of rotatable bonds is 12. The van der Waals surface area contributed by atoms with Gasteiger partial charge in [-0.05, 0) is 79.9 Å². The fraction of sp³-hybridized carbons (Fsp3) is 0.276. The second kappa shape index (κ2) is 14.1. The maximum absolute atomic E-state index is 13.4. The summed E-state index contributed by atoms with van der Waals surface area (Å²) in [7, 11) is -4.07. The summed E-state index contributed by atoms with van der Waals surface area (Å²) in [6.45, 7) is 2.41. The molecule has 1 aliphatic rings. The third kappa shape index (κ3) is 8.78. The Hall–Kier alpha value is -3.93. The van der Waals surface area contributed by atoms with Crippen molar-refractivity contribution in [2.75, 3.05) is 30.6 Å². The zero-order chi connectivity index (χ0) is 29.2. The quantitative estimate of drug-likeness (QED) is 0.242. The number of amides is 2. The second-order valence-corrected chi connectivity index (χ2v) is 11.7. The van der Waals surface area contributed by atoms with Crippen molar-refractivity contribution in [2.24, 2.45) is 5.10 Å². The van der Waals surface area contributed by atoms with Gasteiger partial charge in [0.25, 0.3) is 21.8 Å². The highest BCUT2D eigenvalue weighted by atomic mass is 35.5. The van der Waals surface area contributed by atoms with E-state index in [1.165, 1.54) is 24.4 Å². The van der Waals surface area contributed by atoms with Crippen LogP contribution in [0.5, 0.6) is 5.75 Å². The molecular formula is C29H31ClN4O6S. The predicted octanol–water partition coefficient (Wildman–Crippen LogP) is 3.67. The second-order valence-electron chi connectivity index (χ2n) is 9.39.